The maximum Gasteiger partial charge on any atom is 0.344 e. The predicted molar refractivity (Wildman–Crippen MR) is 77.3 cm³/mol. The van der Waals surface area contributed by atoms with E-state index in [-0.39, 0.29) is 11.9 Å². The van der Waals surface area contributed by atoms with E-state index in [2.05, 4.69) is 5.10 Å². The largest absolute Gasteiger partial charge is 0.378 e. The lowest BCUT2D eigenvalue weighted by atomic mass is 10.3. The van der Waals surface area contributed by atoms with Crippen LogP contribution in [0.5, 0.6) is 0 Å². The molecule has 2 heterocycles. The van der Waals surface area contributed by atoms with Crippen LogP contribution in [0.2, 0.25) is 0 Å². The SMILES string of the molecule is CCCN(CC)C(=O)n1cc(C(=O)N2CCOCC2)cn1. The molecule has 2 rings (SSSR count). The van der Waals surface area contributed by atoms with Crippen molar-refractivity contribution in [3.63, 3.8) is 0 Å². The summed E-state index contributed by atoms with van der Waals surface area (Å²) in [6, 6.07) is -0.194. The van der Waals surface area contributed by atoms with Crippen LogP contribution in [-0.4, -0.2) is 70.9 Å². The van der Waals surface area contributed by atoms with Gasteiger partial charge >= 0.3 is 6.03 Å². The van der Waals surface area contributed by atoms with Crippen molar-refractivity contribution < 1.29 is 14.3 Å². The summed E-state index contributed by atoms with van der Waals surface area (Å²) in [5.74, 6) is -0.101. The Morgan fingerprint density at radius 2 is 2.05 bits per heavy atom. The van der Waals surface area contributed by atoms with Gasteiger partial charge in [-0.2, -0.15) is 9.78 Å². The number of morpholine rings is 1. The molecule has 1 aromatic rings. The van der Waals surface area contributed by atoms with E-state index in [1.807, 2.05) is 13.8 Å². The second-order valence-electron chi connectivity index (χ2n) is 4.94. The molecule has 0 aromatic carbocycles. The van der Waals surface area contributed by atoms with Gasteiger partial charge in [-0.25, -0.2) is 4.79 Å². The van der Waals surface area contributed by atoms with Gasteiger partial charge in [0.1, 0.15) is 0 Å². The average molecular weight is 294 g/mol. The van der Waals surface area contributed by atoms with Crippen molar-refractivity contribution in [1.82, 2.24) is 19.6 Å². The van der Waals surface area contributed by atoms with Gasteiger partial charge in [-0.1, -0.05) is 6.92 Å². The summed E-state index contributed by atoms with van der Waals surface area (Å²) in [5.41, 5.74) is 0.442. The van der Waals surface area contributed by atoms with Gasteiger partial charge in [0.15, 0.2) is 0 Å². The van der Waals surface area contributed by atoms with Crippen LogP contribution in [0.15, 0.2) is 12.4 Å². The van der Waals surface area contributed by atoms with Gasteiger partial charge in [-0.3, -0.25) is 4.79 Å². The van der Waals surface area contributed by atoms with E-state index in [0.29, 0.717) is 45.0 Å². The molecule has 116 valence electrons. The zero-order valence-corrected chi connectivity index (χ0v) is 12.6. The van der Waals surface area contributed by atoms with Crippen LogP contribution in [-0.2, 0) is 4.74 Å². The van der Waals surface area contributed by atoms with Gasteiger partial charge in [0.2, 0.25) is 0 Å². The number of aromatic nitrogens is 2. The molecule has 1 aromatic heterocycles. The van der Waals surface area contributed by atoms with Crippen molar-refractivity contribution in [2.75, 3.05) is 39.4 Å². The zero-order chi connectivity index (χ0) is 15.2. The van der Waals surface area contributed by atoms with Crippen LogP contribution in [0.3, 0.4) is 0 Å². The van der Waals surface area contributed by atoms with Gasteiger partial charge in [0, 0.05) is 32.4 Å². The zero-order valence-electron chi connectivity index (χ0n) is 12.6. The molecule has 1 aliphatic heterocycles. The van der Waals surface area contributed by atoms with Gasteiger partial charge in [0.25, 0.3) is 5.91 Å². The molecule has 0 bridgehead atoms. The average Bonchev–Trinajstić information content (AvgIpc) is 3.02. The molecule has 7 nitrogen and oxygen atoms in total. The lowest BCUT2D eigenvalue weighted by molar-refractivity contribution is 0.0303. The Morgan fingerprint density at radius 3 is 2.67 bits per heavy atom. The fraction of sp³-hybridized carbons (Fsp3) is 0.643. The molecule has 21 heavy (non-hydrogen) atoms. The van der Waals surface area contributed by atoms with Crippen LogP contribution >= 0.6 is 0 Å². The molecule has 2 amide bonds. The fourth-order valence-electron chi connectivity index (χ4n) is 2.29. The normalized spacial score (nSPS) is 15.0. The molecule has 0 saturated carbocycles. The number of hydrogen-bond acceptors (Lipinski definition) is 4. The minimum absolute atomic E-state index is 0.101. The Balaban J connectivity index is 2.06. The third-order valence-corrected chi connectivity index (χ3v) is 3.47. The molecule has 0 atom stereocenters. The molecular formula is C14H22N4O3. The number of amides is 2. The molecule has 0 unspecified atom stereocenters. The first kappa shape index (κ1) is 15.5. The highest BCUT2D eigenvalue weighted by Crippen LogP contribution is 2.07. The van der Waals surface area contributed by atoms with Crippen molar-refractivity contribution >= 4 is 11.9 Å². The number of carbonyl (C=O) groups excluding carboxylic acids is 2. The van der Waals surface area contributed by atoms with E-state index in [1.165, 1.54) is 17.1 Å². The monoisotopic (exact) mass is 294 g/mol. The molecule has 1 fully saturated rings. The summed E-state index contributed by atoms with van der Waals surface area (Å²) >= 11 is 0. The maximum absolute atomic E-state index is 12.3. The van der Waals surface area contributed by atoms with Crippen molar-refractivity contribution in [3.8, 4) is 0 Å². The molecule has 0 spiro atoms. The molecule has 0 N–H and O–H groups in total. The van der Waals surface area contributed by atoms with Crippen molar-refractivity contribution in [3.05, 3.63) is 18.0 Å². The molecule has 7 heteroatoms. The van der Waals surface area contributed by atoms with Gasteiger partial charge in [-0.15, -0.1) is 0 Å². The van der Waals surface area contributed by atoms with E-state index in [9.17, 15) is 9.59 Å². The molecule has 0 radical (unpaired) electrons. The Kier molecular flexibility index (Phi) is 5.32. The molecule has 0 aliphatic carbocycles. The van der Waals surface area contributed by atoms with E-state index in [0.717, 1.165) is 6.42 Å². The van der Waals surface area contributed by atoms with Crippen molar-refractivity contribution in [1.29, 1.82) is 0 Å². The Labute approximate surface area is 124 Å². The van der Waals surface area contributed by atoms with Crippen LogP contribution < -0.4 is 0 Å². The summed E-state index contributed by atoms with van der Waals surface area (Å²) in [4.78, 5) is 28.0. The second kappa shape index (κ2) is 7.21. The highest BCUT2D eigenvalue weighted by molar-refractivity contribution is 5.94. The van der Waals surface area contributed by atoms with Crippen molar-refractivity contribution in [2.45, 2.75) is 20.3 Å². The first-order chi connectivity index (χ1) is 10.2. The first-order valence-corrected chi connectivity index (χ1v) is 7.38. The van der Waals surface area contributed by atoms with Crippen LogP contribution in [0.4, 0.5) is 4.79 Å². The standard InChI is InChI=1S/C14H22N4O3/c1-3-5-16(4-2)14(20)18-11-12(10-15-18)13(19)17-6-8-21-9-7-17/h10-11H,3-9H2,1-2H3. The van der Waals surface area contributed by atoms with Gasteiger partial charge < -0.3 is 14.5 Å². The second-order valence-corrected chi connectivity index (χ2v) is 4.94. The Morgan fingerprint density at radius 1 is 1.33 bits per heavy atom. The topological polar surface area (TPSA) is 67.7 Å². The highest BCUT2D eigenvalue weighted by atomic mass is 16.5. The molecular weight excluding hydrogens is 272 g/mol. The Hall–Kier alpha value is -1.89. The number of hydrogen-bond donors (Lipinski definition) is 0. The number of ether oxygens (including phenoxy) is 1. The Bertz CT molecular complexity index is 463. The first-order valence-electron chi connectivity index (χ1n) is 7.38. The smallest absolute Gasteiger partial charge is 0.344 e. The number of rotatable bonds is 4. The number of nitrogens with zero attached hydrogens (tertiary/aromatic N) is 4. The van der Waals surface area contributed by atoms with Crippen LogP contribution in [0.25, 0.3) is 0 Å². The fourth-order valence-corrected chi connectivity index (χ4v) is 2.29. The highest BCUT2D eigenvalue weighted by Gasteiger charge is 2.21. The lowest BCUT2D eigenvalue weighted by Gasteiger charge is -2.26. The minimum atomic E-state index is -0.194. The van der Waals surface area contributed by atoms with E-state index in [4.69, 9.17) is 4.74 Å². The summed E-state index contributed by atoms with van der Waals surface area (Å²) in [7, 11) is 0. The van der Waals surface area contributed by atoms with E-state index >= 15 is 0 Å². The third kappa shape index (κ3) is 3.60. The van der Waals surface area contributed by atoms with Crippen molar-refractivity contribution in [2.24, 2.45) is 0 Å². The maximum atomic E-state index is 12.3. The summed E-state index contributed by atoms with van der Waals surface area (Å²) in [6.07, 6.45) is 3.86. The van der Waals surface area contributed by atoms with Gasteiger partial charge in [0.05, 0.1) is 25.0 Å². The van der Waals surface area contributed by atoms with Crippen LogP contribution in [0, 0.1) is 0 Å². The number of carbonyl (C=O) groups is 2. The quantitative estimate of drug-likeness (QED) is 0.832. The molecule has 1 aliphatic rings. The molecule has 1 saturated heterocycles. The third-order valence-electron chi connectivity index (χ3n) is 3.47. The summed E-state index contributed by atoms with van der Waals surface area (Å²) in [5, 5.41) is 4.03. The van der Waals surface area contributed by atoms with Gasteiger partial charge in [-0.05, 0) is 13.3 Å². The van der Waals surface area contributed by atoms with Crippen LogP contribution in [0.1, 0.15) is 30.6 Å². The van der Waals surface area contributed by atoms with E-state index in [1.54, 1.807) is 9.80 Å². The lowest BCUT2D eigenvalue weighted by Crippen LogP contribution is -2.40. The minimum Gasteiger partial charge on any atom is -0.378 e. The summed E-state index contributed by atoms with van der Waals surface area (Å²) in [6.45, 7) is 7.52. The predicted octanol–water partition coefficient (Wildman–Crippen LogP) is 1.06. The summed E-state index contributed by atoms with van der Waals surface area (Å²) < 4.78 is 6.47. The van der Waals surface area contributed by atoms with E-state index < -0.39 is 0 Å².